The van der Waals surface area contributed by atoms with Crippen molar-refractivity contribution in [3.05, 3.63) is 77.7 Å². The van der Waals surface area contributed by atoms with Crippen molar-refractivity contribution in [3.8, 4) is 33.0 Å². The standard InChI is InChI=1S/C29H24F2N6S/c1-17-2-5-27(38-17)23-13-33-14-26-21(23)10-25(34-26)28-22-9-19(3-4-24(22)35-36-28)20-8-18(11-32-12-20)15-37-7-6-29(30,31)16-37/h2-5,8-14,34H,6-7,15-16H2,1H3,(H,35,36). The molecule has 6 aromatic rings. The second kappa shape index (κ2) is 8.82. The highest BCUT2D eigenvalue weighted by Gasteiger charge is 2.37. The van der Waals surface area contributed by atoms with Crippen molar-refractivity contribution in [3.63, 3.8) is 0 Å². The van der Waals surface area contributed by atoms with E-state index in [4.69, 9.17) is 0 Å². The summed E-state index contributed by atoms with van der Waals surface area (Å²) in [7, 11) is 0. The molecule has 0 spiro atoms. The molecule has 2 N–H and O–H groups in total. The number of aromatic nitrogens is 5. The Morgan fingerprint density at radius 2 is 1.84 bits per heavy atom. The Labute approximate surface area is 221 Å². The molecular weight excluding hydrogens is 502 g/mol. The zero-order chi connectivity index (χ0) is 25.9. The summed E-state index contributed by atoms with van der Waals surface area (Å²) in [6.45, 7) is 2.77. The molecule has 0 unspecified atom stereocenters. The van der Waals surface area contributed by atoms with Crippen molar-refractivity contribution in [1.82, 2.24) is 30.0 Å². The fourth-order valence-corrected chi connectivity index (χ4v) is 6.18. The Bertz CT molecular complexity index is 1800. The van der Waals surface area contributed by atoms with E-state index < -0.39 is 5.92 Å². The first kappa shape index (κ1) is 23.2. The maximum atomic E-state index is 13.6. The number of fused-ring (bicyclic) bond motifs is 2. The molecule has 7 rings (SSSR count). The summed E-state index contributed by atoms with van der Waals surface area (Å²) >= 11 is 1.75. The minimum absolute atomic E-state index is 0.0850. The van der Waals surface area contributed by atoms with Gasteiger partial charge in [-0.3, -0.25) is 20.0 Å². The first-order valence-electron chi connectivity index (χ1n) is 12.5. The number of aromatic amines is 2. The summed E-state index contributed by atoms with van der Waals surface area (Å²) in [4.78, 5) is 16.6. The highest BCUT2D eigenvalue weighted by atomic mass is 32.1. The average Bonchev–Trinajstić information content (AvgIpc) is 3.69. The van der Waals surface area contributed by atoms with Gasteiger partial charge in [0.25, 0.3) is 5.92 Å². The molecule has 6 nitrogen and oxygen atoms in total. The van der Waals surface area contributed by atoms with E-state index in [-0.39, 0.29) is 13.0 Å². The summed E-state index contributed by atoms with van der Waals surface area (Å²) in [5.74, 6) is -2.60. The minimum Gasteiger partial charge on any atom is -0.352 e. The van der Waals surface area contributed by atoms with E-state index in [2.05, 4.69) is 56.3 Å². The van der Waals surface area contributed by atoms with E-state index in [1.54, 1.807) is 22.4 Å². The quantitative estimate of drug-likeness (QED) is 0.253. The van der Waals surface area contributed by atoms with Crippen LogP contribution in [0.15, 0.2) is 67.3 Å². The molecule has 1 aliphatic rings. The summed E-state index contributed by atoms with van der Waals surface area (Å²) in [5, 5.41) is 9.88. The fourth-order valence-electron chi connectivity index (χ4n) is 5.29. The normalized spacial score (nSPS) is 15.7. The van der Waals surface area contributed by atoms with Crippen LogP contribution in [0.3, 0.4) is 0 Å². The predicted molar refractivity (Wildman–Crippen MR) is 147 cm³/mol. The third kappa shape index (κ3) is 4.17. The summed E-state index contributed by atoms with van der Waals surface area (Å²) in [6, 6.07) is 14.6. The van der Waals surface area contributed by atoms with Gasteiger partial charge in [-0.05, 0) is 54.4 Å². The van der Waals surface area contributed by atoms with E-state index in [9.17, 15) is 8.78 Å². The molecule has 38 heavy (non-hydrogen) atoms. The number of halogens is 2. The highest BCUT2D eigenvalue weighted by molar-refractivity contribution is 7.15. The number of rotatable bonds is 5. The third-order valence-electron chi connectivity index (χ3n) is 7.15. The van der Waals surface area contributed by atoms with Crippen molar-refractivity contribution in [2.45, 2.75) is 25.8 Å². The minimum atomic E-state index is -2.60. The molecule has 0 atom stereocenters. The van der Waals surface area contributed by atoms with Gasteiger partial charge in [0.1, 0.15) is 5.69 Å². The molecule has 0 amide bonds. The second-order valence-corrected chi connectivity index (χ2v) is 11.3. The van der Waals surface area contributed by atoms with E-state index in [1.165, 1.54) is 9.75 Å². The molecule has 0 bridgehead atoms. The van der Waals surface area contributed by atoms with Gasteiger partial charge >= 0.3 is 0 Å². The molecular formula is C29H24F2N6S. The number of hydrogen-bond donors (Lipinski definition) is 2. The number of aryl methyl sites for hydroxylation is 1. The van der Waals surface area contributed by atoms with Crippen LogP contribution in [0.25, 0.3) is 54.8 Å². The van der Waals surface area contributed by atoms with Crippen molar-refractivity contribution < 1.29 is 8.78 Å². The Morgan fingerprint density at radius 3 is 2.66 bits per heavy atom. The van der Waals surface area contributed by atoms with Gasteiger partial charge in [0.05, 0.1) is 29.5 Å². The SMILES string of the molecule is Cc1ccc(-c2cncc3[nH]c(-c4n[nH]c5ccc(-c6cncc(CN7CCC(F)(F)C7)c6)cc45)cc23)s1. The molecule has 9 heteroatoms. The van der Waals surface area contributed by atoms with Crippen LogP contribution in [0.1, 0.15) is 16.9 Å². The van der Waals surface area contributed by atoms with E-state index in [0.717, 1.165) is 55.4 Å². The number of benzene rings is 1. The van der Waals surface area contributed by atoms with Crippen LogP contribution in [0.2, 0.25) is 0 Å². The first-order valence-corrected chi connectivity index (χ1v) is 13.3. The molecule has 1 aromatic carbocycles. The number of alkyl halides is 2. The molecule has 190 valence electrons. The lowest BCUT2D eigenvalue weighted by Gasteiger charge is -2.15. The molecule has 0 radical (unpaired) electrons. The monoisotopic (exact) mass is 526 g/mol. The van der Waals surface area contributed by atoms with Crippen LogP contribution in [-0.2, 0) is 6.54 Å². The van der Waals surface area contributed by atoms with Crippen LogP contribution in [0, 0.1) is 6.92 Å². The topological polar surface area (TPSA) is 73.5 Å². The van der Waals surface area contributed by atoms with Crippen molar-refractivity contribution in [1.29, 1.82) is 0 Å². The van der Waals surface area contributed by atoms with Crippen LogP contribution < -0.4 is 0 Å². The smallest absolute Gasteiger partial charge is 0.261 e. The lowest BCUT2D eigenvalue weighted by atomic mass is 10.0. The number of nitrogens with one attached hydrogen (secondary N) is 2. The highest BCUT2D eigenvalue weighted by Crippen LogP contribution is 2.37. The zero-order valence-corrected chi connectivity index (χ0v) is 21.4. The van der Waals surface area contributed by atoms with Gasteiger partial charge < -0.3 is 4.98 Å². The van der Waals surface area contributed by atoms with E-state index in [1.807, 2.05) is 36.8 Å². The number of pyridine rings is 2. The van der Waals surface area contributed by atoms with Crippen molar-refractivity contribution >= 4 is 33.1 Å². The molecule has 6 heterocycles. The zero-order valence-electron chi connectivity index (χ0n) is 20.6. The molecule has 5 aromatic heterocycles. The lowest BCUT2D eigenvalue weighted by Crippen LogP contribution is -2.24. The third-order valence-corrected chi connectivity index (χ3v) is 8.19. The lowest BCUT2D eigenvalue weighted by molar-refractivity contribution is 0.0115. The number of hydrogen-bond acceptors (Lipinski definition) is 5. The van der Waals surface area contributed by atoms with Gasteiger partial charge in [-0.15, -0.1) is 11.3 Å². The van der Waals surface area contributed by atoms with E-state index >= 15 is 0 Å². The Morgan fingerprint density at radius 1 is 0.947 bits per heavy atom. The Kier molecular flexibility index (Phi) is 5.38. The van der Waals surface area contributed by atoms with Crippen LogP contribution in [-0.4, -0.2) is 49.1 Å². The van der Waals surface area contributed by atoms with Crippen LogP contribution in [0.4, 0.5) is 8.78 Å². The van der Waals surface area contributed by atoms with Gasteiger partial charge in [-0.25, -0.2) is 8.78 Å². The molecule has 1 aliphatic heterocycles. The number of nitrogens with zero attached hydrogens (tertiary/aromatic N) is 4. The Hall–Kier alpha value is -3.95. The predicted octanol–water partition coefficient (Wildman–Crippen LogP) is 7.05. The van der Waals surface area contributed by atoms with Gasteiger partial charge in [0, 0.05) is 69.8 Å². The maximum absolute atomic E-state index is 13.6. The summed E-state index contributed by atoms with van der Waals surface area (Å²) in [6.07, 6.45) is 7.24. The van der Waals surface area contributed by atoms with E-state index in [0.29, 0.717) is 13.1 Å². The van der Waals surface area contributed by atoms with Gasteiger partial charge in [-0.1, -0.05) is 6.07 Å². The number of likely N-dealkylation sites (tertiary alicyclic amines) is 1. The summed E-state index contributed by atoms with van der Waals surface area (Å²) < 4.78 is 27.3. The second-order valence-electron chi connectivity index (χ2n) is 9.97. The summed E-state index contributed by atoms with van der Waals surface area (Å²) in [5.41, 5.74) is 7.59. The number of H-pyrrole nitrogens is 2. The molecule has 0 saturated carbocycles. The van der Waals surface area contributed by atoms with Gasteiger partial charge in [-0.2, -0.15) is 5.10 Å². The number of thiophene rings is 1. The average molecular weight is 527 g/mol. The van der Waals surface area contributed by atoms with Gasteiger partial charge in [0.2, 0.25) is 0 Å². The fraction of sp³-hybridized carbons (Fsp3) is 0.207. The van der Waals surface area contributed by atoms with Gasteiger partial charge in [0.15, 0.2) is 0 Å². The molecule has 1 saturated heterocycles. The van der Waals surface area contributed by atoms with Crippen LogP contribution in [0.5, 0.6) is 0 Å². The maximum Gasteiger partial charge on any atom is 0.261 e. The largest absolute Gasteiger partial charge is 0.352 e. The molecule has 0 aliphatic carbocycles. The van der Waals surface area contributed by atoms with Crippen molar-refractivity contribution in [2.75, 3.05) is 13.1 Å². The Balaban J connectivity index is 1.24. The van der Waals surface area contributed by atoms with Crippen molar-refractivity contribution in [2.24, 2.45) is 0 Å². The first-order chi connectivity index (χ1) is 18.4. The molecule has 1 fully saturated rings. The van der Waals surface area contributed by atoms with Crippen LogP contribution >= 0.6 is 11.3 Å².